The Morgan fingerprint density at radius 2 is 1.33 bits per heavy atom. The van der Waals surface area contributed by atoms with E-state index in [2.05, 4.69) is 5.32 Å². The molecule has 3 aromatic rings. The molecule has 0 bridgehead atoms. The molecule has 0 saturated heterocycles. The zero-order chi connectivity index (χ0) is 19.7. The summed E-state index contributed by atoms with van der Waals surface area (Å²) in [7, 11) is 0. The molecule has 0 aliphatic carbocycles. The molecule has 0 atom stereocenters. The van der Waals surface area contributed by atoms with Gasteiger partial charge in [-0.25, -0.2) is 0 Å². The van der Waals surface area contributed by atoms with Gasteiger partial charge in [0.2, 0.25) is 0 Å². The Kier molecular flexibility index (Phi) is 4.57. The van der Waals surface area contributed by atoms with Crippen LogP contribution < -0.4 is 5.32 Å². The summed E-state index contributed by atoms with van der Waals surface area (Å²) >= 11 is 5.77. The molecule has 3 aromatic carbocycles. The zero-order valence-corrected chi connectivity index (χ0v) is 14.0. The van der Waals surface area contributed by atoms with Gasteiger partial charge in [-0.15, -0.1) is 0 Å². The maximum atomic E-state index is 11.5. The minimum atomic E-state index is -0.758. The third-order valence-corrected chi connectivity index (χ3v) is 4.13. The number of fused-ring (bicyclic) bond motifs is 1. The molecule has 0 saturated carbocycles. The highest BCUT2D eigenvalue weighted by atomic mass is 35.5. The highest BCUT2D eigenvalue weighted by Gasteiger charge is 2.26. The molecule has 0 spiro atoms. The summed E-state index contributed by atoms with van der Waals surface area (Å²) in [6.45, 7) is 0. The summed E-state index contributed by atoms with van der Waals surface area (Å²) < 4.78 is 0. The molecular formula is C16H9ClN4O6. The van der Waals surface area contributed by atoms with E-state index >= 15 is 0 Å². The third-order valence-electron chi connectivity index (χ3n) is 3.81. The number of hydrogen-bond donors (Lipinski definition) is 1. The van der Waals surface area contributed by atoms with Crippen molar-refractivity contribution in [1.29, 1.82) is 0 Å². The number of nitro groups is 3. The van der Waals surface area contributed by atoms with Crippen molar-refractivity contribution in [3.05, 3.63) is 83.9 Å². The van der Waals surface area contributed by atoms with Crippen LogP contribution in [0.1, 0.15) is 0 Å². The quantitative estimate of drug-likeness (QED) is 0.480. The SMILES string of the molecule is O=[N+]([O-])c1cc(Nc2c([N+](=O)[O-])cc([N+](=O)[O-])c3ccccc23)ccc1Cl. The van der Waals surface area contributed by atoms with E-state index in [1.807, 2.05) is 0 Å². The van der Waals surface area contributed by atoms with Crippen molar-refractivity contribution < 1.29 is 14.8 Å². The monoisotopic (exact) mass is 388 g/mol. The second-order valence-electron chi connectivity index (χ2n) is 5.40. The zero-order valence-electron chi connectivity index (χ0n) is 13.3. The van der Waals surface area contributed by atoms with Crippen LogP contribution >= 0.6 is 11.6 Å². The largest absolute Gasteiger partial charge is 0.349 e. The maximum absolute atomic E-state index is 11.5. The van der Waals surface area contributed by atoms with E-state index in [-0.39, 0.29) is 32.9 Å². The van der Waals surface area contributed by atoms with Gasteiger partial charge in [-0.1, -0.05) is 29.8 Å². The first-order valence-corrected chi connectivity index (χ1v) is 7.73. The number of anilines is 2. The smallest absolute Gasteiger partial charge is 0.300 e. The number of hydrogen-bond acceptors (Lipinski definition) is 7. The molecule has 3 rings (SSSR count). The van der Waals surface area contributed by atoms with Crippen LogP contribution in [0.4, 0.5) is 28.4 Å². The van der Waals surface area contributed by atoms with Crippen molar-refractivity contribution in [2.75, 3.05) is 5.32 Å². The fraction of sp³-hybridized carbons (Fsp3) is 0. The highest BCUT2D eigenvalue weighted by Crippen LogP contribution is 2.41. The maximum Gasteiger partial charge on any atom is 0.300 e. The molecule has 0 radical (unpaired) electrons. The van der Waals surface area contributed by atoms with Crippen LogP contribution in [-0.4, -0.2) is 14.8 Å². The molecule has 0 aliphatic heterocycles. The molecule has 136 valence electrons. The van der Waals surface area contributed by atoms with Crippen LogP contribution in [0.2, 0.25) is 5.02 Å². The minimum absolute atomic E-state index is 0.0159. The Morgan fingerprint density at radius 3 is 1.93 bits per heavy atom. The number of benzene rings is 3. The lowest BCUT2D eigenvalue weighted by molar-refractivity contribution is -0.392. The second kappa shape index (κ2) is 6.84. The van der Waals surface area contributed by atoms with Gasteiger partial charge in [0, 0.05) is 17.1 Å². The van der Waals surface area contributed by atoms with E-state index in [0.717, 1.165) is 12.1 Å². The van der Waals surface area contributed by atoms with E-state index < -0.39 is 26.1 Å². The normalized spacial score (nSPS) is 10.6. The summed E-state index contributed by atoms with van der Waals surface area (Å²) in [5.41, 5.74) is -1.16. The summed E-state index contributed by atoms with van der Waals surface area (Å²) in [6.07, 6.45) is 0. The van der Waals surface area contributed by atoms with E-state index in [0.29, 0.717) is 0 Å². The summed E-state index contributed by atoms with van der Waals surface area (Å²) in [6, 6.07) is 10.8. The fourth-order valence-electron chi connectivity index (χ4n) is 2.64. The van der Waals surface area contributed by atoms with Crippen LogP contribution in [0.3, 0.4) is 0 Å². The van der Waals surface area contributed by atoms with Crippen LogP contribution in [-0.2, 0) is 0 Å². The van der Waals surface area contributed by atoms with Crippen molar-refractivity contribution >= 4 is 50.8 Å². The molecule has 0 aromatic heterocycles. The molecule has 0 amide bonds. The fourth-order valence-corrected chi connectivity index (χ4v) is 2.83. The van der Waals surface area contributed by atoms with Gasteiger partial charge in [0.1, 0.15) is 10.7 Å². The Hall–Kier alpha value is -3.79. The van der Waals surface area contributed by atoms with Gasteiger partial charge in [0.25, 0.3) is 17.1 Å². The predicted octanol–water partition coefficient (Wildman–Crippen LogP) is 4.96. The first kappa shape index (κ1) is 18.0. The molecule has 27 heavy (non-hydrogen) atoms. The molecular weight excluding hydrogens is 380 g/mol. The van der Waals surface area contributed by atoms with Crippen molar-refractivity contribution in [3.63, 3.8) is 0 Å². The van der Waals surface area contributed by atoms with Gasteiger partial charge in [-0.05, 0) is 18.2 Å². The average molecular weight is 389 g/mol. The van der Waals surface area contributed by atoms with Gasteiger partial charge >= 0.3 is 0 Å². The van der Waals surface area contributed by atoms with Crippen LogP contribution in [0.25, 0.3) is 10.8 Å². The molecule has 1 N–H and O–H groups in total. The Balaban J connectivity index is 2.25. The third kappa shape index (κ3) is 3.33. The molecule has 0 unspecified atom stereocenters. The number of halogens is 1. The van der Waals surface area contributed by atoms with Gasteiger partial charge in [-0.3, -0.25) is 30.3 Å². The Morgan fingerprint density at radius 1 is 0.741 bits per heavy atom. The first-order chi connectivity index (χ1) is 12.8. The van der Waals surface area contributed by atoms with Crippen LogP contribution in [0.5, 0.6) is 0 Å². The van der Waals surface area contributed by atoms with Crippen molar-refractivity contribution in [2.24, 2.45) is 0 Å². The molecule has 0 heterocycles. The lowest BCUT2D eigenvalue weighted by atomic mass is 10.0. The summed E-state index contributed by atoms with van der Waals surface area (Å²) in [4.78, 5) is 31.7. The predicted molar refractivity (Wildman–Crippen MR) is 98.6 cm³/mol. The van der Waals surface area contributed by atoms with Crippen molar-refractivity contribution in [1.82, 2.24) is 0 Å². The highest BCUT2D eigenvalue weighted by molar-refractivity contribution is 6.32. The summed E-state index contributed by atoms with van der Waals surface area (Å²) in [5, 5.41) is 36.9. The van der Waals surface area contributed by atoms with Crippen LogP contribution in [0, 0.1) is 30.3 Å². The van der Waals surface area contributed by atoms with Gasteiger partial charge < -0.3 is 5.32 Å². The number of non-ortho nitro benzene ring substituents is 1. The van der Waals surface area contributed by atoms with Crippen LogP contribution in [0.15, 0.2) is 48.5 Å². The molecule has 11 heteroatoms. The number of nitro benzene ring substituents is 3. The van der Waals surface area contributed by atoms with Gasteiger partial charge in [0.05, 0.1) is 26.2 Å². The standard InChI is InChI=1S/C16H9ClN4O6/c17-12-6-5-9(7-14(12)20(24)25)18-16-11-4-2-1-3-10(11)13(19(22)23)8-15(16)21(26)27/h1-8,18H. The average Bonchev–Trinajstić information content (AvgIpc) is 2.62. The molecule has 0 aliphatic rings. The van der Waals surface area contributed by atoms with E-state index in [4.69, 9.17) is 11.6 Å². The van der Waals surface area contributed by atoms with E-state index in [9.17, 15) is 30.3 Å². The van der Waals surface area contributed by atoms with Crippen molar-refractivity contribution in [3.8, 4) is 0 Å². The summed E-state index contributed by atoms with van der Waals surface area (Å²) in [5.74, 6) is 0. The lowest BCUT2D eigenvalue weighted by Crippen LogP contribution is -2.01. The van der Waals surface area contributed by atoms with E-state index in [1.54, 1.807) is 12.1 Å². The Bertz CT molecular complexity index is 1120. The number of nitrogens with one attached hydrogen (secondary N) is 1. The van der Waals surface area contributed by atoms with E-state index in [1.165, 1.54) is 24.3 Å². The van der Waals surface area contributed by atoms with Crippen molar-refractivity contribution in [2.45, 2.75) is 0 Å². The lowest BCUT2D eigenvalue weighted by Gasteiger charge is -2.11. The second-order valence-corrected chi connectivity index (χ2v) is 5.81. The Labute approximate surface area is 155 Å². The number of rotatable bonds is 5. The minimum Gasteiger partial charge on any atom is -0.349 e. The van der Waals surface area contributed by atoms with Gasteiger partial charge in [-0.2, -0.15) is 0 Å². The van der Waals surface area contributed by atoms with Gasteiger partial charge in [0.15, 0.2) is 0 Å². The molecule has 10 nitrogen and oxygen atoms in total. The molecule has 0 fully saturated rings. The number of nitrogens with zero attached hydrogens (tertiary/aromatic N) is 3. The first-order valence-electron chi connectivity index (χ1n) is 7.35. The topological polar surface area (TPSA) is 141 Å².